The second-order valence-electron chi connectivity index (χ2n) is 10.5. The molecule has 0 aliphatic carbocycles. The van der Waals surface area contributed by atoms with Gasteiger partial charge in [0.15, 0.2) is 0 Å². The van der Waals surface area contributed by atoms with Crippen molar-refractivity contribution in [3.05, 3.63) is 17.6 Å². The van der Waals surface area contributed by atoms with Gasteiger partial charge in [-0.1, -0.05) is 42.0 Å². The highest BCUT2D eigenvalue weighted by molar-refractivity contribution is 7.98. The van der Waals surface area contributed by atoms with Gasteiger partial charge in [-0.15, -0.1) is 0 Å². The number of nitrogens with zero attached hydrogens (tertiary/aromatic N) is 3. The topological polar surface area (TPSA) is 116 Å². The maximum Gasteiger partial charge on any atom is 0.259 e. The minimum Gasteiger partial charge on any atom is -0.369 e. The summed E-state index contributed by atoms with van der Waals surface area (Å²) in [5, 5.41) is 6.66. The molecule has 35 heavy (non-hydrogen) atoms. The fourth-order valence-corrected chi connectivity index (χ4v) is 5.17. The van der Waals surface area contributed by atoms with Crippen molar-refractivity contribution < 1.29 is 13.2 Å². The summed E-state index contributed by atoms with van der Waals surface area (Å²) in [6, 6.07) is -0.408. The number of sulfonamides is 1. The predicted octanol–water partition coefficient (Wildman–Crippen LogP) is 2.95. The molecule has 0 unspecified atom stereocenters. The van der Waals surface area contributed by atoms with Crippen LogP contribution >= 0.6 is 11.8 Å². The van der Waals surface area contributed by atoms with Gasteiger partial charge in [-0.2, -0.15) is 11.8 Å². The molecule has 1 fully saturated rings. The summed E-state index contributed by atoms with van der Waals surface area (Å²) in [4.78, 5) is 25.0. The lowest BCUT2D eigenvalue weighted by molar-refractivity contribution is 0.0608. The van der Waals surface area contributed by atoms with Crippen LogP contribution in [-0.2, 0) is 15.4 Å². The number of hydrogen-bond donors (Lipinski definition) is 3. The lowest BCUT2D eigenvalue weighted by Crippen LogP contribution is -2.57. The molecule has 0 bridgehead atoms. The van der Waals surface area contributed by atoms with Crippen molar-refractivity contribution in [2.24, 2.45) is 5.92 Å². The SMILES string of the molecule is C.CSCCCNc1nc(C(C)(C)C)ncc1C(=O)N(CC(C)C)[C@@H]1CNC[C@H](NS(C)(=O)=O)C1. The highest BCUT2D eigenvalue weighted by atomic mass is 32.2. The Morgan fingerprint density at radius 2 is 2.00 bits per heavy atom. The maximum absolute atomic E-state index is 13.9. The van der Waals surface area contributed by atoms with Gasteiger partial charge in [0.25, 0.3) is 5.91 Å². The van der Waals surface area contributed by atoms with Crippen molar-refractivity contribution >= 4 is 33.5 Å². The summed E-state index contributed by atoms with van der Waals surface area (Å²) in [5.41, 5.74) is 0.211. The Hall–Kier alpha value is -1.43. The van der Waals surface area contributed by atoms with Crippen LogP contribution < -0.4 is 15.4 Å². The molecule has 1 aliphatic rings. The molecule has 1 aromatic rings. The summed E-state index contributed by atoms with van der Waals surface area (Å²) >= 11 is 1.79. The summed E-state index contributed by atoms with van der Waals surface area (Å²) in [6.07, 6.45) is 6.39. The molecular formula is C24H46N6O3S2. The van der Waals surface area contributed by atoms with E-state index < -0.39 is 10.0 Å². The lowest BCUT2D eigenvalue weighted by Gasteiger charge is -2.39. The summed E-state index contributed by atoms with van der Waals surface area (Å²) < 4.78 is 26.2. The molecule has 0 radical (unpaired) electrons. The molecule has 1 aromatic heterocycles. The normalized spacial score (nSPS) is 18.7. The number of amides is 1. The Labute approximate surface area is 217 Å². The zero-order valence-electron chi connectivity index (χ0n) is 21.6. The second-order valence-corrected chi connectivity index (χ2v) is 13.2. The Morgan fingerprint density at radius 1 is 1.31 bits per heavy atom. The van der Waals surface area contributed by atoms with Gasteiger partial charge in [-0.25, -0.2) is 23.1 Å². The molecule has 2 rings (SSSR count). The molecule has 11 heteroatoms. The van der Waals surface area contributed by atoms with Crippen molar-refractivity contribution in [1.29, 1.82) is 0 Å². The van der Waals surface area contributed by atoms with Crippen molar-refractivity contribution in [3.8, 4) is 0 Å². The van der Waals surface area contributed by atoms with Crippen LogP contribution in [0.15, 0.2) is 6.20 Å². The van der Waals surface area contributed by atoms with Gasteiger partial charge in [0, 0.05) is 49.9 Å². The zero-order valence-corrected chi connectivity index (χ0v) is 23.3. The van der Waals surface area contributed by atoms with Gasteiger partial charge < -0.3 is 15.5 Å². The van der Waals surface area contributed by atoms with E-state index in [1.807, 2.05) is 4.90 Å². The average Bonchev–Trinajstić information content (AvgIpc) is 2.72. The second kappa shape index (κ2) is 13.8. The van der Waals surface area contributed by atoms with Crippen LogP contribution in [0.4, 0.5) is 5.82 Å². The molecule has 1 saturated heterocycles. The van der Waals surface area contributed by atoms with E-state index in [2.05, 4.69) is 61.2 Å². The van der Waals surface area contributed by atoms with E-state index in [0.717, 1.165) is 25.0 Å². The summed E-state index contributed by atoms with van der Waals surface area (Å²) in [7, 11) is -3.33. The number of nitrogens with one attached hydrogen (secondary N) is 3. The van der Waals surface area contributed by atoms with E-state index in [1.165, 1.54) is 0 Å². The largest absolute Gasteiger partial charge is 0.369 e. The molecular weight excluding hydrogens is 484 g/mol. The Bertz CT molecular complexity index is 918. The van der Waals surface area contributed by atoms with Crippen LogP contribution in [0.2, 0.25) is 0 Å². The van der Waals surface area contributed by atoms with Gasteiger partial charge in [0.1, 0.15) is 17.2 Å². The van der Waals surface area contributed by atoms with Gasteiger partial charge in [0.2, 0.25) is 10.0 Å². The molecule has 1 amide bonds. The minimum absolute atomic E-state index is 0. The predicted molar refractivity (Wildman–Crippen MR) is 148 cm³/mol. The molecule has 202 valence electrons. The number of thioether (sulfide) groups is 1. The summed E-state index contributed by atoms with van der Waals surface area (Å²) in [6.45, 7) is 12.7. The first-order valence-corrected chi connectivity index (χ1v) is 15.2. The maximum atomic E-state index is 13.9. The number of carbonyl (C=O) groups is 1. The van der Waals surface area contributed by atoms with E-state index in [0.29, 0.717) is 43.3 Å². The molecule has 1 aliphatic heterocycles. The van der Waals surface area contributed by atoms with E-state index >= 15 is 0 Å². The third kappa shape index (κ3) is 10.2. The van der Waals surface area contributed by atoms with Gasteiger partial charge in [0.05, 0.1) is 6.26 Å². The molecule has 3 N–H and O–H groups in total. The standard InChI is InChI=1S/C23H42N6O3S2.CH4/c1-16(2)15-29(18-11-17(12-24-13-18)28-34(7,31)32)21(30)19-14-26-22(23(3,4)5)27-20(19)25-9-8-10-33-6;/h14,16-18,24,28H,8-13,15H2,1-7H3,(H,25,26,27);1H4/t17-,18+;/m1./s1. The Balaban J connectivity index is 0.00000612. The zero-order chi connectivity index (χ0) is 25.5. The Morgan fingerprint density at radius 3 is 2.57 bits per heavy atom. The number of rotatable bonds is 11. The van der Waals surface area contributed by atoms with Crippen molar-refractivity contribution in [2.75, 3.05) is 49.8 Å². The molecule has 9 nitrogen and oxygen atoms in total. The number of carbonyl (C=O) groups excluding carboxylic acids is 1. The number of anilines is 1. The molecule has 0 saturated carbocycles. The van der Waals surface area contributed by atoms with Crippen LogP contribution in [-0.4, -0.2) is 85.7 Å². The van der Waals surface area contributed by atoms with Gasteiger partial charge in [-0.3, -0.25) is 4.79 Å². The molecule has 2 atom stereocenters. The van der Waals surface area contributed by atoms with Gasteiger partial charge in [-0.05, 0) is 30.8 Å². The summed E-state index contributed by atoms with van der Waals surface area (Å²) in [5.74, 6) is 2.39. The fraction of sp³-hybridized carbons (Fsp3) is 0.792. The third-order valence-corrected chi connectivity index (χ3v) is 6.94. The van der Waals surface area contributed by atoms with Crippen LogP contribution in [0, 0.1) is 5.92 Å². The quantitative estimate of drug-likeness (QED) is 0.374. The first-order valence-electron chi connectivity index (χ1n) is 11.9. The number of hydrogen-bond acceptors (Lipinski definition) is 8. The number of aromatic nitrogens is 2. The van der Waals surface area contributed by atoms with Crippen LogP contribution in [0.25, 0.3) is 0 Å². The third-order valence-electron chi connectivity index (χ3n) is 5.48. The Kier molecular flexibility index (Phi) is 12.4. The first-order chi connectivity index (χ1) is 15.8. The van der Waals surface area contributed by atoms with E-state index in [-0.39, 0.29) is 36.8 Å². The molecule has 2 heterocycles. The van der Waals surface area contributed by atoms with Gasteiger partial charge >= 0.3 is 0 Å². The van der Waals surface area contributed by atoms with Crippen molar-refractivity contribution in [3.63, 3.8) is 0 Å². The van der Waals surface area contributed by atoms with E-state index in [4.69, 9.17) is 4.98 Å². The smallest absolute Gasteiger partial charge is 0.259 e. The first kappa shape index (κ1) is 31.6. The molecule has 0 aromatic carbocycles. The van der Waals surface area contributed by atoms with Crippen LogP contribution in [0.5, 0.6) is 0 Å². The van der Waals surface area contributed by atoms with Crippen LogP contribution in [0.3, 0.4) is 0 Å². The monoisotopic (exact) mass is 530 g/mol. The average molecular weight is 531 g/mol. The van der Waals surface area contributed by atoms with E-state index in [9.17, 15) is 13.2 Å². The van der Waals surface area contributed by atoms with E-state index in [1.54, 1.807) is 18.0 Å². The van der Waals surface area contributed by atoms with Crippen LogP contribution in [0.1, 0.15) is 71.1 Å². The lowest BCUT2D eigenvalue weighted by atomic mass is 9.95. The minimum atomic E-state index is -3.33. The van der Waals surface area contributed by atoms with Crippen molar-refractivity contribution in [2.45, 2.75) is 72.4 Å². The van der Waals surface area contributed by atoms with Crippen molar-refractivity contribution in [1.82, 2.24) is 24.9 Å². The fourth-order valence-electron chi connectivity index (χ4n) is 3.95. The number of piperidine rings is 1. The highest BCUT2D eigenvalue weighted by Crippen LogP contribution is 2.24. The molecule has 0 spiro atoms. The highest BCUT2D eigenvalue weighted by Gasteiger charge is 2.33.